The molecule has 0 radical (unpaired) electrons. The van der Waals surface area contributed by atoms with Crippen LogP contribution in [0.3, 0.4) is 0 Å². The number of halogens is 1. The van der Waals surface area contributed by atoms with Crippen LogP contribution in [0, 0.1) is 22.9 Å². The van der Waals surface area contributed by atoms with Crippen molar-refractivity contribution in [1.29, 1.82) is 0 Å². The van der Waals surface area contributed by atoms with Gasteiger partial charge in [-0.25, -0.2) is 14.2 Å². The first-order chi connectivity index (χ1) is 9.38. The van der Waals surface area contributed by atoms with E-state index in [4.69, 9.17) is 5.11 Å². The number of benzene rings is 1. The lowest BCUT2D eigenvalue weighted by Gasteiger charge is -2.03. The molecule has 0 bridgehead atoms. The molecule has 0 aliphatic rings. The van der Waals surface area contributed by atoms with Crippen LogP contribution in [0.2, 0.25) is 0 Å². The number of aromatic carboxylic acids is 1. The SMILES string of the molecule is Cc1nc(Sc2cc(C(=O)O)c(F)cc2[N+](=O)[O-])n[nH]1. The number of carbonyl (C=O) groups is 1. The number of hydrogen-bond acceptors (Lipinski definition) is 6. The van der Waals surface area contributed by atoms with Crippen molar-refractivity contribution in [2.24, 2.45) is 0 Å². The van der Waals surface area contributed by atoms with E-state index in [1.54, 1.807) is 6.92 Å². The highest BCUT2D eigenvalue weighted by Crippen LogP contribution is 2.34. The van der Waals surface area contributed by atoms with Gasteiger partial charge in [0.25, 0.3) is 5.69 Å². The normalized spacial score (nSPS) is 10.5. The predicted octanol–water partition coefficient (Wildman–Crippen LogP) is 2.01. The number of aromatic nitrogens is 3. The van der Waals surface area contributed by atoms with Crippen molar-refractivity contribution in [3.8, 4) is 0 Å². The van der Waals surface area contributed by atoms with E-state index in [1.807, 2.05) is 0 Å². The van der Waals surface area contributed by atoms with Crippen LogP contribution in [0.1, 0.15) is 16.2 Å². The highest BCUT2D eigenvalue weighted by molar-refractivity contribution is 7.99. The van der Waals surface area contributed by atoms with E-state index in [0.717, 1.165) is 17.8 Å². The summed E-state index contributed by atoms with van der Waals surface area (Å²) in [5.41, 5.74) is -1.19. The Balaban J connectivity index is 2.50. The molecule has 2 aromatic rings. The molecule has 0 spiro atoms. The van der Waals surface area contributed by atoms with Crippen molar-refractivity contribution >= 4 is 23.4 Å². The number of carboxylic acids is 1. The number of hydrogen-bond donors (Lipinski definition) is 2. The Bertz CT molecular complexity index is 703. The van der Waals surface area contributed by atoms with Gasteiger partial charge in [0.05, 0.1) is 21.4 Å². The van der Waals surface area contributed by atoms with Crippen LogP contribution in [0.5, 0.6) is 0 Å². The molecule has 2 N–H and O–H groups in total. The van der Waals surface area contributed by atoms with E-state index >= 15 is 0 Å². The molecular formula is C10H7FN4O4S. The van der Waals surface area contributed by atoms with E-state index in [-0.39, 0.29) is 10.1 Å². The zero-order valence-corrected chi connectivity index (χ0v) is 10.8. The van der Waals surface area contributed by atoms with Crippen LogP contribution in [0.4, 0.5) is 10.1 Å². The van der Waals surface area contributed by atoms with Crippen LogP contribution in [0.15, 0.2) is 22.2 Å². The van der Waals surface area contributed by atoms with Crippen LogP contribution in [-0.2, 0) is 0 Å². The molecule has 0 atom stereocenters. The minimum absolute atomic E-state index is 0.0483. The van der Waals surface area contributed by atoms with Gasteiger partial charge in [-0.2, -0.15) is 0 Å². The third-order valence-corrected chi connectivity index (χ3v) is 3.17. The molecule has 0 aliphatic carbocycles. The van der Waals surface area contributed by atoms with Gasteiger partial charge in [0.1, 0.15) is 11.6 Å². The van der Waals surface area contributed by atoms with E-state index in [9.17, 15) is 19.3 Å². The van der Waals surface area contributed by atoms with E-state index in [1.165, 1.54) is 0 Å². The smallest absolute Gasteiger partial charge is 0.338 e. The van der Waals surface area contributed by atoms with Gasteiger partial charge in [-0.05, 0) is 24.8 Å². The van der Waals surface area contributed by atoms with Crippen molar-refractivity contribution in [2.45, 2.75) is 17.0 Å². The first-order valence-electron chi connectivity index (χ1n) is 5.16. The first-order valence-corrected chi connectivity index (χ1v) is 5.98. The van der Waals surface area contributed by atoms with E-state index in [2.05, 4.69) is 15.2 Å². The molecule has 8 nitrogen and oxygen atoms in total. The Labute approximate surface area is 115 Å². The quantitative estimate of drug-likeness (QED) is 0.653. The molecule has 10 heteroatoms. The second kappa shape index (κ2) is 5.25. The fraction of sp³-hybridized carbons (Fsp3) is 0.100. The van der Waals surface area contributed by atoms with Gasteiger partial charge in [0, 0.05) is 0 Å². The van der Waals surface area contributed by atoms with Crippen LogP contribution in [0.25, 0.3) is 0 Å². The molecule has 0 saturated carbocycles. The number of carboxylic acid groups (broad SMARTS) is 1. The maximum atomic E-state index is 13.5. The second-order valence-corrected chi connectivity index (χ2v) is 4.68. The summed E-state index contributed by atoms with van der Waals surface area (Å²) in [5, 5.41) is 26.2. The van der Waals surface area contributed by atoms with Crippen LogP contribution < -0.4 is 0 Å². The lowest BCUT2D eigenvalue weighted by molar-refractivity contribution is -0.387. The Kier molecular flexibility index (Phi) is 3.66. The van der Waals surface area contributed by atoms with Gasteiger partial charge in [-0.1, -0.05) is 0 Å². The summed E-state index contributed by atoms with van der Waals surface area (Å²) in [6.07, 6.45) is 0. The largest absolute Gasteiger partial charge is 0.478 e. The number of aromatic amines is 1. The number of nitro groups is 1. The van der Waals surface area contributed by atoms with Gasteiger partial charge in [-0.15, -0.1) is 5.10 Å². The number of nitrogens with one attached hydrogen (secondary N) is 1. The van der Waals surface area contributed by atoms with Gasteiger partial charge in [0.15, 0.2) is 0 Å². The summed E-state index contributed by atoms with van der Waals surface area (Å²) in [6, 6.07) is 1.47. The molecule has 0 fully saturated rings. The highest BCUT2D eigenvalue weighted by Gasteiger charge is 2.23. The zero-order valence-electron chi connectivity index (χ0n) is 9.95. The molecule has 0 unspecified atom stereocenters. The van der Waals surface area contributed by atoms with Crippen molar-refractivity contribution < 1.29 is 19.2 Å². The van der Waals surface area contributed by atoms with E-state index < -0.39 is 28.0 Å². The van der Waals surface area contributed by atoms with Gasteiger partial charge in [-0.3, -0.25) is 15.2 Å². The third kappa shape index (κ3) is 2.74. The Morgan fingerprint density at radius 2 is 2.25 bits per heavy atom. The second-order valence-electron chi connectivity index (χ2n) is 3.67. The van der Waals surface area contributed by atoms with Crippen molar-refractivity contribution in [3.05, 3.63) is 39.5 Å². The third-order valence-electron chi connectivity index (χ3n) is 2.25. The summed E-state index contributed by atoms with van der Waals surface area (Å²) in [5.74, 6) is -2.18. The molecule has 104 valence electrons. The number of aryl methyl sites for hydroxylation is 1. The highest BCUT2D eigenvalue weighted by atomic mass is 32.2. The molecule has 2 rings (SSSR count). The Morgan fingerprint density at radius 3 is 2.75 bits per heavy atom. The summed E-state index contributed by atoms with van der Waals surface area (Å²) >= 11 is 0.779. The molecule has 20 heavy (non-hydrogen) atoms. The maximum absolute atomic E-state index is 13.5. The fourth-order valence-electron chi connectivity index (χ4n) is 1.40. The lowest BCUT2D eigenvalue weighted by Crippen LogP contribution is -2.03. The van der Waals surface area contributed by atoms with Crippen molar-refractivity contribution in [3.63, 3.8) is 0 Å². The Morgan fingerprint density at radius 1 is 1.55 bits per heavy atom. The first kappa shape index (κ1) is 13.9. The monoisotopic (exact) mass is 298 g/mol. The number of H-pyrrole nitrogens is 1. The average Bonchev–Trinajstić information content (AvgIpc) is 2.76. The Hall–Kier alpha value is -2.49. The summed E-state index contributed by atoms with van der Waals surface area (Å²) in [7, 11) is 0. The predicted molar refractivity (Wildman–Crippen MR) is 65.3 cm³/mol. The van der Waals surface area contributed by atoms with Gasteiger partial charge >= 0.3 is 5.97 Å². The summed E-state index contributed by atoms with van der Waals surface area (Å²) < 4.78 is 13.5. The van der Waals surface area contributed by atoms with Crippen LogP contribution >= 0.6 is 11.8 Å². The van der Waals surface area contributed by atoms with Gasteiger partial charge in [0.2, 0.25) is 5.16 Å². The number of rotatable bonds is 4. The lowest BCUT2D eigenvalue weighted by atomic mass is 10.2. The zero-order chi connectivity index (χ0) is 14.9. The minimum atomic E-state index is -1.51. The molecule has 1 heterocycles. The van der Waals surface area contributed by atoms with Crippen molar-refractivity contribution in [1.82, 2.24) is 15.2 Å². The fourth-order valence-corrected chi connectivity index (χ4v) is 2.28. The minimum Gasteiger partial charge on any atom is -0.478 e. The average molecular weight is 298 g/mol. The molecule has 1 aromatic heterocycles. The standard InChI is InChI=1S/C10H7FN4O4S/c1-4-12-10(14-13-4)20-8-2-5(9(16)17)6(11)3-7(8)15(18)19/h2-3H,1H3,(H,16,17)(H,12,13,14). The summed E-state index contributed by atoms with van der Waals surface area (Å²) in [6.45, 7) is 1.64. The van der Waals surface area contributed by atoms with Gasteiger partial charge < -0.3 is 5.11 Å². The molecule has 0 aliphatic heterocycles. The number of nitrogens with zero attached hydrogens (tertiary/aromatic N) is 3. The van der Waals surface area contributed by atoms with Crippen molar-refractivity contribution in [2.75, 3.05) is 0 Å². The molecule has 1 aromatic carbocycles. The topological polar surface area (TPSA) is 122 Å². The molecule has 0 amide bonds. The molecular weight excluding hydrogens is 291 g/mol. The summed E-state index contributed by atoms with van der Waals surface area (Å²) in [4.78, 5) is 24.8. The maximum Gasteiger partial charge on any atom is 0.338 e. The van der Waals surface area contributed by atoms with Crippen LogP contribution in [-0.4, -0.2) is 31.2 Å². The number of nitro benzene ring substituents is 1. The van der Waals surface area contributed by atoms with E-state index in [0.29, 0.717) is 11.9 Å². The molecule has 0 saturated heterocycles.